The Bertz CT molecular complexity index is 1100. The van der Waals surface area contributed by atoms with Crippen LogP contribution in [0.25, 0.3) is 11.1 Å². The molecule has 2 aromatic rings. The van der Waals surface area contributed by atoms with Crippen LogP contribution in [0.15, 0.2) is 42.5 Å². The van der Waals surface area contributed by atoms with Gasteiger partial charge in [0.1, 0.15) is 17.4 Å². The summed E-state index contributed by atoms with van der Waals surface area (Å²) < 4.78 is 13.5. The molecule has 1 aliphatic rings. The second kappa shape index (κ2) is 11.4. The van der Waals surface area contributed by atoms with E-state index >= 15 is 0 Å². The van der Waals surface area contributed by atoms with Crippen molar-refractivity contribution in [3.05, 3.63) is 58.9 Å². The fourth-order valence-electron chi connectivity index (χ4n) is 4.29. The van der Waals surface area contributed by atoms with Crippen molar-refractivity contribution in [3.63, 3.8) is 0 Å². The molecule has 3 N–H and O–H groups in total. The summed E-state index contributed by atoms with van der Waals surface area (Å²) in [6.45, 7) is 3.74. The normalized spacial score (nSPS) is 16.5. The molecule has 188 valence electrons. The van der Waals surface area contributed by atoms with E-state index in [0.29, 0.717) is 24.0 Å². The van der Waals surface area contributed by atoms with E-state index in [4.69, 9.17) is 11.6 Å². The van der Waals surface area contributed by atoms with Crippen molar-refractivity contribution in [1.82, 2.24) is 10.6 Å². The molecule has 2 aromatic carbocycles. The largest absolute Gasteiger partial charge is 0.480 e. The topological polar surface area (TPSA) is 95.5 Å². The van der Waals surface area contributed by atoms with Gasteiger partial charge in [0.2, 0.25) is 11.8 Å². The third kappa shape index (κ3) is 6.55. The molecule has 9 heteroatoms. The number of aliphatic carboxylic acids is 1. The first-order valence-corrected chi connectivity index (χ1v) is 12.5. The molecule has 2 atom stereocenters. The van der Waals surface area contributed by atoms with Crippen molar-refractivity contribution in [2.24, 2.45) is 5.92 Å². The number of benzene rings is 2. The number of carbonyl (C=O) groups is 3. The van der Waals surface area contributed by atoms with E-state index in [1.807, 2.05) is 19.9 Å². The van der Waals surface area contributed by atoms with Gasteiger partial charge in [0.05, 0.1) is 10.3 Å². The summed E-state index contributed by atoms with van der Waals surface area (Å²) >= 11 is 10.3. The van der Waals surface area contributed by atoms with E-state index in [1.165, 1.54) is 12.1 Å². The fourth-order valence-corrected chi connectivity index (χ4v) is 4.53. The Kier molecular flexibility index (Phi) is 8.83. The Balaban J connectivity index is 1.77. The zero-order valence-electron chi connectivity index (χ0n) is 19.7. The van der Waals surface area contributed by atoms with Gasteiger partial charge in [-0.1, -0.05) is 68.6 Å². The van der Waals surface area contributed by atoms with Gasteiger partial charge in [-0.15, -0.1) is 0 Å². The third-order valence-electron chi connectivity index (χ3n) is 6.38. The number of rotatable bonds is 9. The van der Waals surface area contributed by atoms with E-state index in [2.05, 4.69) is 23.3 Å². The molecular weight excluding hydrogens is 491 g/mol. The summed E-state index contributed by atoms with van der Waals surface area (Å²) in [5.41, 5.74) is 0.962. The summed E-state index contributed by atoms with van der Waals surface area (Å²) in [7, 11) is 0. The van der Waals surface area contributed by atoms with Gasteiger partial charge in [0.15, 0.2) is 0 Å². The molecule has 0 unspecified atom stereocenters. The Labute approximate surface area is 215 Å². The van der Waals surface area contributed by atoms with Crippen LogP contribution in [-0.4, -0.2) is 39.7 Å². The Morgan fingerprint density at radius 3 is 2.37 bits per heavy atom. The minimum absolute atomic E-state index is 0.00611. The van der Waals surface area contributed by atoms with Gasteiger partial charge >= 0.3 is 5.97 Å². The molecule has 1 aliphatic carbocycles. The summed E-state index contributed by atoms with van der Waals surface area (Å²) in [6.07, 6.45) is 2.43. The average Bonchev–Trinajstić information content (AvgIpc) is 3.29. The molecule has 6 nitrogen and oxygen atoms in total. The van der Waals surface area contributed by atoms with Crippen LogP contribution in [0.2, 0.25) is 5.02 Å². The van der Waals surface area contributed by atoms with Gasteiger partial charge < -0.3 is 15.7 Å². The van der Waals surface area contributed by atoms with Crippen LogP contribution >= 0.6 is 24.2 Å². The number of hydrogen-bond donors (Lipinski definition) is 4. The smallest absolute Gasteiger partial charge is 0.326 e. The Morgan fingerprint density at radius 2 is 1.77 bits per heavy atom. The molecule has 35 heavy (non-hydrogen) atoms. The number of carbonyl (C=O) groups excluding carboxylic acids is 2. The monoisotopic (exact) mass is 520 g/mol. The average molecular weight is 521 g/mol. The molecule has 1 fully saturated rings. The second-order valence-corrected chi connectivity index (χ2v) is 10.3. The second-order valence-electron chi connectivity index (χ2n) is 9.36. The molecule has 0 radical (unpaired) electrons. The molecule has 0 bridgehead atoms. The number of halogens is 2. The SMILES string of the molecule is CC(C)[C@H](S)C(=O)NC1(C(=O)N[C@@H](Cc2cccc(-c3ccc(F)c(Cl)c3)c2)C(=O)O)CCCC1. The number of thiol groups is 1. The Morgan fingerprint density at radius 1 is 1.11 bits per heavy atom. The fraction of sp³-hybridized carbons (Fsp3) is 0.423. The standard InChI is InChI=1S/C26H30ClFN2O4S/c1-15(2)22(35)23(31)30-26(10-3-4-11-26)25(34)29-21(24(32)33)13-16-6-5-7-17(12-16)18-8-9-20(28)19(27)14-18/h5-9,12,14-15,21-22,35H,3-4,10-11,13H2,1-2H3,(H,29,34)(H,30,31)(H,32,33)/t21-,22-/m0/s1. The maximum atomic E-state index is 13.5. The number of carboxylic acid groups (broad SMARTS) is 1. The highest BCUT2D eigenvalue weighted by Gasteiger charge is 2.44. The molecule has 0 spiro atoms. The van der Waals surface area contributed by atoms with E-state index in [0.717, 1.165) is 18.4 Å². The molecule has 0 heterocycles. The first-order chi connectivity index (χ1) is 16.5. The first kappa shape index (κ1) is 27.0. The van der Waals surface area contributed by atoms with E-state index in [9.17, 15) is 23.9 Å². The van der Waals surface area contributed by atoms with Crippen LogP contribution in [0.3, 0.4) is 0 Å². The zero-order valence-corrected chi connectivity index (χ0v) is 21.3. The summed E-state index contributed by atoms with van der Waals surface area (Å²) in [5, 5.41) is 14.8. The first-order valence-electron chi connectivity index (χ1n) is 11.6. The van der Waals surface area contributed by atoms with Gasteiger partial charge in [-0.3, -0.25) is 9.59 Å². The lowest BCUT2D eigenvalue weighted by atomic mass is 9.93. The lowest BCUT2D eigenvalue weighted by molar-refractivity contribution is -0.143. The number of amides is 2. The van der Waals surface area contributed by atoms with Crippen molar-refractivity contribution >= 4 is 42.0 Å². The van der Waals surface area contributed by atoms with E-state index in [1.54, 1.807) is 24.3 Å². The van der Waals surface area contributed by atoms with Gasteiger partial charge in [-0.05, 0) is 47.6 Å². The molecule has 0 aliphatic heterocycles. The zero-order chi connectivity index (χ0) is 25.8. The van der Waals surface area contributed by atoms with Crippen molar-refractivity contribution in [2.75, 3.05) is 0 Å². The highest BCUT2D eigenvalue weighted by Crippen LogP contribution is 2.31. The van der Waals surface area contributed by atoms with Gasteiger partial charge in [0, 0.05) is 6.42 Å². The Hall–Kier alpha value is -2.58. The van der Waals surface area contributed by atoms with Crippen LogP contribution in [0.5, 0.6) is 0 Å². The molecule has 0 aromatic heterocycles. The highest BCUT2D eigenvalue weighted by molar-refractivity contribution is 7.81. The molecule has 2 amide bonds. The van der Waals surface area contributed by atoms with E-state index < -0.39 is 34.5 Å². The van der Waals surface area contributed by atoms with Crippen LogP contribution in [-0.2, 0) is 20.8 Å². The number of hydrogen-bond acceptors (Lipinski definition) is 4. The molecule has 0 saturated heterocycles. The quantitative estimate of drug-likeness (QED) is 0.362. The van der Waals surface area contributed by atoms with Gasteiger partial charge in [-0.25, -0.2) is 9.18 Å². The summed E-state index contributed by atoms with van der Waals surface area (Å²) in [6, 6.07) is 10.3. The van der Waals surface area contributed by atoms with Crippen molar-refractivity contribution in [2.45, 2.75) is 62.8 Å². The molecule has 1 saturated carbocycles. The number of carboxylic acids is 1. The van der Waals surface area contributed by atoms with Gasteiger partial charge in [-0.2, -0.15) is 12.6 Å². The molecular formula is C26H30ClFN2O4S. The lowest BCUT2D eigenvalue weighted by Crippen LogP contribution is -2.61. The summed E-state index contributed by atoms with van der Waals surface area (Å²) in [5.74, 6) is -2.55. The van der Waals surface area contributed by atoms with Crippen LogP contribution in [0, 0.1) is 11.7 Å². The van der Waals surface area contributed by atoms with E-state index in [-0.39, 0.29) is 23.3 Å². The van der Waals surface area contributed by atoms with Crippen LogP contribution < -0.4 is 10.6 Å². The van der Waals surface area contributed by atoms with Crippen molar-refractivity contribution < 1.29 is 23.9 Å². The van der Waals surface area contributed by atoms with Gasteiger partial charge in [0.25, 0.3) is 0 Å². The molecule has 3 rings (SSSR count). The maximum absolute atomic E-state index is 13.5. The minimum Gasteiger partial charge on any atom is -0.480 e. The highest BCUT2D eigenvalue weighted by atomic mass is 35.5. The van der Waals surface area contributed by atoms with Crippen LogP contribution in [0.1, 0.15) is 45.1 Å². The summed E-state index contributed by atoms with van der Waals surface area (Å²) in [4.78, 5) is 38.0. The minimum atomic E-state index is -1.19. The third-order valence-corrected chi connectivity index (χ3v) is 7.50. The lowest BCUT2D eigenvalue weighted by Gasteiger charge is -2.32. The van der Waals surface area contributed by atoms with Crippen LogP contribution in [0.4, 0.5) is 4.39 Å². The maximum Gasteiger partial charge on any atom is 0.326 e. The van der Waals surface area contributed by atoms with Crippen molar-refractivity contribution in [1.29, 1.82) is 0 Å². The number of nitrogens with one attached hydrogen (secondary N) is 2. The predicted molar refractivity (Wildman–Crippen MR) is 137 cm³/mol. The predicted octanol–water partition coefficient (Wildman–Crippen LogP) is 4.64. The van der Waals surface area contributed by atoms with Crippen molar-refractivity contribution in [3.8, 4) is 11.1 Å².